The molecule has 3 rings (SSSR count). The van der Waals surface area contributed by atoms with Crippen molar-refractivity contribution in [2.75, 3.05) is 19.3 Å². The lowest BCUT2D eigenvalue weighted by Crippen LogP contribution is -2.21. The minimum absolute atomic E-state index is 0.686. The fraction of sp³-hybridized carbons (Fsp3) is 0.786. The Bertz CT molecular complexity index is 376. The van der Waals surface area contributed by atoms with Crippen molar-refractivity contribution in [1.29, 1.82) is 0 Å². The lowest BCUT2D eigenvalue weighted by atomic mass is 9.94. The summed E-state index contributed by atoms with van der Waals surface area (Å²) in [5, 5.41) is 4.35. The van der Waals surface area contributed by atoms with Crippen molar-refractivity contribution in [2.24, 2.45) is 0 Å². The van der Waals surface area contributed by atoms with Gasteiger partial charge in [-0.1, -0.05) is 0 Å². The molecule has 4 heteroatoms. The molecule has 1 N–H and O–H groups in total. The minimum atomic E-state index is 0.686. The van der Waals surface area contributed by atoms with Crippen molar-refractivity contribution in [3.63, 3.8) is 0 Å². The maximum Gasteiger partial charge on any atom is 0.0950 e. The molecular weight excluding hydrogens is 242 g/mol. The van der Waals surface area contributed by atoms with Gasteiger partial charge in [0.2, 0.25) is 0 Å². The number of nitrogens with one attached hydrogen (secondary N) is 1. The highest BCUT2D eigenvalue weighted by Gasteiger charge is 2.26. The van der Waals surface area contributed by atoms with Crippen LogP contribution in [0.2, 0.25) is 0 Å². The fourth-order valence-electron chi connectivity index (χ4n) is 3.40. The first-order valence-corrected chi connectivity index (χ1v) is 8.42. The van der Waals surface area contributed by atoms with Crippen molar-refractivity contribution >= 4 is 11.8 Å². The normalized spacial score (nSPS) is 32.8. The first-order chi connectivity index (χ1) is 8.88. The summed E-state index contributed by atoms with van der Waals surface area (Å²) in [6.07, 6.45) is 13.1. The van der Waals surface area contributed by atoms with Gasteiger partial charge in [-0.2, -0.15) is 11.8 Å². The summed E-state index contributed by atoms with van der Waals surface area (Å²) in [6, 6.07) is 0.700. The molecule has 2 aliphatic rings. The predicted octanol–water partition coefficient (Wildman–Crippen LogP) is 2.81. The van der Waals surface area contributed by atoms with Crippen LogP contribution < -0.4 is 5.32 Å². The maximum absolute atomic E-state index is 4.41. The maximum atomic E-state index is 4.41. The average Bonchev–Trinajstić information content (AvgIpc) is 3.09. The molecule has 1 aliphatic heterocycles. The van der Waals surface area contributed by atoms with Gasteiger partial charge in [-0.3, -0.25) is 0 Å². The van der Waals surface area contributed by atoms with Gasteiger partial charge in [0, 0.05) is 35.6 Å². The third kappa shape index (κ3) is 2.45. The van der Waals surface area contributed by atoms with E-state index in [0.717, 1.165) is 18.3 Å². The fourth-order valence-corrected chi connectivity index (χ4v) is 4.15. The molecule has 0 radical (unpaired) electrons. The van der Waals surface area contributed by atoms with E-state index in [1.165, 1.54) is 37.8 Å². The summed E-state index contributed by atoms with van der Waals surface area (Å²) in [5.41, 5.74) is 1.47. The highest BCUT2D eigenvalue weighted by atomic mass is 32.2. The topological polar surface area (TPSA) is 29.9 Å². The lowest BCUT2D eigenvalue weighted by Gasteiger charge is -2.30. The van der Waals surface area contributed by atoms with Crippen LogP contribution in [0.15, 0.2) is 12.5 Å². The highest BCUT2D eigenvalue weighted by molar-refractivity contribution is 7.99. The molecule has 1 saturated carbocycles. The molecule has 1 aliphatic carbocycles. The Morgan fingerprint density at radius 3 is 2.78 bits per heavy atom. The molecule has 18 heavy (non-hydrogen) atoms. The van der Waals surface area contributed by atoms with Gasteiger partial charge < -0.3 is 9.88 Å². The minimum Gasteiger partial charge on any atom is -0.331 e. The second-order valence-electron chi connectivity index (χ2n) is 5.58. The highest BCUT2D eigenvalue weighted by Crippen LogP contribution is 2.35. The first-order valence-electron chi connectivity index (χ1n) is 7.13. The number of rotatable bonds is 3. The monoisotopic (exact) mass is 265 g/mol. The van der Waals surface area contributed by atoms with Crippen molar-refractivity contribution in [2.45, 2.75) is 49.3 Å². The summed E-state index contributed by atoms with van der Waals surface area (Å²) < 4.78 is 2.48. The van der Waals surface area contributed by atoms with E-state index in [0.29, 0.717) is 12.0 Å². The van der Waals surface area contributed by atoms with Crippen LogP contribution >= 0.6 is 11.8 Å². The molecule has 0 bridgehead atoms. The predicted molar refractivity (Wildman–Crippen MR) is 77.3 cm³/mol. The SMILES string of the molecule is CSC1CCC(n2cncc2C2CCNC2)CC1. The van der Waals surface area contributed by atoms with E-state index in [1.54, 1.807) is 0 Å². The van der Waals surface area contributed by atoms with Gasteiger partial charge in [0.05, 0.1) is 6.33 Å². The zero-order valence-electron chi connectivity index (χ0n) is 11.1. The van der Waals surface area contributed by atoms with Crippen molar-refractivity contribution in [1.82, 2.24) is 14.9 Å². The van der Waals surface area contributed by atoms with Crippen LogP contribution in [0.3, 0.4) is 0 Å². The summed E-state index contributed by atoms with van der Waals surface area (Å²) in [7, 11) is 0. The summed E-state index contributed by atoms with van der Waals surface area (Å²) in [6.45, 7) is 2.29. The van der Waals surface area contributed by atoms with E-state index in [9.17, 15) is 0 Å². The Kier molecular flexibility index (Phi) is 3.94. The van der Waals surface area contributed by atoms with E-state index in [2.05, 4.69) is 33.6 Å². The molecule has 0 spiro atoms. The van der Waals surface area contributed by atoms with E-state index in [-0.39, 0.29) is 0 Å². The van der Waals surface area contributed by atoms with Gasteiger partial charge in [0.15, 0.2) is 0 Å². The summed E-state index contributed by atoms with van der Waals surface area (Å²) in [5.74, 6) is 0.686. The second-order valence-corrected chi connectivity index (χ2v) is 6.72. The van der Waals surface area contributed by atoms with Gasteiger partial charge in [-0.25, -0.2) is 4.98 Å². The van der Waals surface area contributed by atoms with Crippen LogP contribution in [0.25, 0.3) is 0 Å². The van der Waals surface area contributed by atoms with Crippen molar-refractivity contribution < 1.29 is 0 Å². The molecule has 1 aromatic rings. The molecular formula is C14H23N3S. The zero-order valence-corrected chi connectivity index (χ0v) is 12.0. The lowest BCUT2D eigenvalue weighted by molar-refractivity contribution is 0.349. The van der Waals surface area contributed by atoms with Gasteiger partial charge in [0.25, 0.3) is 0 Å². The largest absolute Gasteiger partial charge is 0.331 e. The van der Waals surface area contributed by atoms with Crippen molar-refractivity contribution in [3.05, 3.63) is 18.2 Å². The van der Waals surface area contributed by atoms with E-state index < -0.39 is 0 Å². The van der Waals surface area contributed by atoms with Crippen LogP contribution in [-0.4, -0.2) is 34.1 Å². The Labute approximate surface area is 114 Å². The summed E-state index contributed by atoms with van der Waals surface area (Å²) >= 11 is 2.04. The van der Waals surface area contributed by atoms with Gasteiger partial charge in [-0.15, -0.1) is 0 Å². The molecule has 2 heterocycles. The molecule has 2 fully saturated rings. The standard InChI is InChI=1S/C14H23N3S/c1-18-13-4-2-12(3-5-13)17-10-16-9-14(17)11-6-7-15-8-11/h9-13,15H,2-8H2,1H3. The van der Waals surface area contributed by atoms with Crippen LogP contribution in [0.1, 0.15) is 49.8 Å². The molecule has 0 aromatic carbocycles. The quantitative estimate of drug-likeness (QED) is 0.911. The Hall–Kier alpha value is -0.480. The van der Waals surface area contributed by atoms with Gasteiger partial charge in [0.1, 0.15) is 0 Å². The third-order valence-corrected chi connectivity index (χ3v) is 5.68. The Morgan fingerprint density at radius 2 is 2.11 bits per heavy atom. The molecule has 3 nitrogen and oxygen atoms in total. The van der Waals surface area contributed by atoms with E-state index >= 15 is 0 Å². The van der Waals surface area contributed by atoms with E-state index in [4.69, 9.17) is 0 Å². The number of hydrogen-bond acceptors (Lipinski definition) is 3. The molecule has 1 aromatic heterocycles. The molecule has 1 unspecified atom stereocenters. The van der Waals surface area contributed by atoms with Crippen LogP contribution in [0.5, 0.6) is 0 Å². The first kappa shape index (κ1) is 12.5. The molecule has 1 saturated heterocycles. The van der Waals surface area contributed by atoms with Crippen LogP contribution in [0.4, 0.5) is 0 Å². The smallest absolute Gasteiger partial charge is 0.0950 e. The second kappa shape index (κ2) is 5.66. The average molecular weight is 265 g/mol. The number of imidazole rings is 1. The Morgan fingerprint density at radius 1 is 1.28 bits per heavy atom. The zero-order chi connectivity index (χ0) is 12.4. The molecule has 0 amide bonds. The number of nitrogens with zero attached hydrogens (tertiary/aromatic N) is 2. The third-order valence-electron chi connectivity index (χ3n) is 4.55. The van der Waals surface area contributed by atoms with Crippen LogP contribution in [0, 0.1) is 0 Å². The molecule has 100 valence electrons. The molecule has 1 atom stereocenters. The Balaban J connectivity index is 1.71. The van der Waals surface area contributed by atoms with Crippen LogP contribution in [-0.2, 0) is 0 Å². The number of aromatic nitrogens is 2. The van der Waals surface area contributed by atoms with Gasteiger partial charge in [-0.05, 0) is 44.9 Å². The number of hydrogen-bond donors (Lipinski definition) is 1. The van der Waals surface area contributed by atoms with E-state index in [1.807, 2.05) is 11.8 Å². The van der Waals surface area contributed by atoms with Gasteiger partial charge >= 0.3 is 0 Å². The van der Waals surface area contributed by atoms with Crippen molar-refractivity contribution in [3.8, 4) is 0 Å². The summed E-state index contributed by atoms with van der Waals surface area (Å²) in [4.78, 5) is 4.41. The number of thioether (sulfide) groups is 1.